The number of carbonyl (C=O) groups is 2. The highest BCUT2D eigenvalue weighted by molar-refractivity contribution is 7.14. The van der Waals surface area contributed by atoms with E-state index in [1.54, 1.807) is 5.38 Å². The Morgan fingerprint density at radius 2 is 1.97 bits per heavy atom. The normalized spacial score (nSPS) is 11.5. The minimum absolute atomic E-state index is 0.112. The summed E-state index contributed by atoms with van der Waals surface area (Å²) in [6, 6.07) is 8.81. The first-order valence-corrected chi connectivity index (χ1v) is 9.90. The van der Waals surface area contributed by atoms with Gasteiger partial charge in [-0.05, 0) is 31.2 Å². The van der Waals surface area contributed by atoms with Gasteiger partial charge >= 0.3 is 11.7 Å². The Morgan fingerprint density at radius 3 is 2.69 bits per heavy atom. The second-order valence-electron chi connectivity index (χ2n) is 6.30. The van der Waals surface area contributed by atoms with Crippen molar-refractivity contribution in [3.8, 4) is 17.0 Å². The quantitative estimate of drug-likeness (QED) is 0.305. The van der Waals surface area contributed by atoms with Gasteiger partial charge in [-0.3, -0.25) is 20.2 Å². The van der Waals surface area contributed by atoms with Gasteiger partial charge in [0.05, 0.1) is 10.6 Å². The molecule has 0 bridgehead atoms. The Bertz CT molecular complexity index is 1170. The van der Waals surface area contributed by atoms with E-state index in [1.807, 2.05) is 0 Å². The summed E-state index contributed by atoms with van der Waals surface area (Å²) in [5.41, 5.74) is 0.339. The highest BCUT2D eigenvalue weighted by Gasteiger charge is 2.21. The summed E-state index contributed by atoms with van der Waals surface area (Å²) in [4.78, 5) is 38.6. The minimum Gasteiger partial charge on any atom is -0.475 e. The van der Waals surface area contributed by atoms with E-state index in [0.717, 1.165) is 23.5 Å². The van der Waals surface area contributed by atoms with Gasteiger partial charge in [0.15, 0.2) is 35.2 Å². The average molecular weight is 463 g/mol. The highest BCUT2D eigenvalue weighted by Crippen LogP contribution is 2.27. The maximum Gasteiger partial charge on any atom is 0.344 e. The zero-order valence-electron chi connectivity index (χ0n) is 16.4. The fourth-order valence-corrected chi connectivity index (χ4v) is 3.20. The number of thiazole rings is 1. The molecule has 3 aromatic rings. The standard InChI is InChI=1S/C20H15F2N3O6S/c1-11(31-18(26)9-30-17-5-3-2-4-16(17)25(28)29)19(27)24-20-23-15(10-32-20)12-6-7-13(21)14(22)8-12/h2-8,10-11H,9H2,1H3,(H,23,24,27)/t11-/m0/s1. The SMILES string of the molecule is C[C@H](OC(=O)COc1ccccc1[N+](=O)[O-])C(=O)Nc1nc(-c2ccc(F)c(F)c2)cs1. The third-order valence-corrected chi connectivity index (χ3v) is 4.79. The molecule has 0 aliphatic heterocycles. The van der Waals surface area contributed by atoms with Gasteiger partial charge in [-0.2, -0.15) is 0 Å². The van der Waals surface area contributed by atoms with Crippen molar-refractivity contribution in [2.75, 3.05) is 11.9 Å². The first-order valence-electron chi connectivity index (χ1n) is 9.02. The van der Waals surface area contributed by atoms with E-state index in [4.69, 9.17) is 9.47 Å². The van der Waals surface area contributed by atoms with Crippen LogP contribution in [0.4, 0.5) is 19.6 Å². The number of ether oxygens (including phenoxy) is 2. The molecule has 32 heavy (non-hydrogen) atoms. The lowest BCUT2D eigenvalue weighted by Gasteiger charge is -2.12. The van der Waals surface area contributed by atoms with Crippen molar-refractivity contribution in [3.63, 3.8) is 0 Å². The zero-order chi connectivity index (χ0) is 23.3. The summed E-state index contributed by atoms with van der Waals surface area (Å²) in [6.45, 7) is 0.683. The van der Waals surface area contributed by atoms with Crippen LogP contribution < -0.4 is 10.1 Å². The molecule has 166 valence electrons. The fourth-order valence-electron chi connectivity index (χ4n) is 2.48. The molecule has 1 N–H and O–H groups in total. The predicted molar refractivity (Wildman–Crippen MR) is 110 cm³/mol. The monoisotopic (exact) mass is 463 g/mol. The van der Waals surface area contributed by atoms with Crippen LogP contribution in [-0.4, -0.2) is 34.5 Å². The number of carbonyl (C=O) groups excluding carboxylic acids is 2. The summed E-state index contributed by atoms with van der Waals surface area (Å²) >= 11 is 1.04. The third kappa shape index (κ3) is 5.60. The lowest BCUT2D eigenvalue weighted by Crippen LogP contribution is -2.31. The van der Waals surface area contributed by atoms with Crippen LogP contribution in [-0.2, 0) is 14.3 Å². The van der Waals surface area contributed by atoms with Gasteiger partial charge in [0, 0.05) is 17.0 Å². The summed E-state index contributed by atoms with van der Waals surface area (Å²) in [6.07, 6.45) is -1.22. The zero-order valence-corrected chi connectivity index (χ0v) is 17.2. The molecule has 0 aliphatic carbocycles. The Morgan fingerprint density at radius 1 is 1.22 bits per heavy atom. The Labute approximate surface area is 183 Å². The van der Waals surface area contributed by atoms with E-state index in [-0.39, 0.29) is 16.6 Å². The van der Waals surface area contributed by atoms with E-state index in [9.17, 15) is 28.5 Å². The van der Waals surface area contributed by atoms with Crippen molar-refractivity contribution in [2.45, 2.75) is 13.0 Å². The van der Waals surface area contributed by atoms with E-state index in [0.29, 0.717) is 11.3 Å². The van der Waals surface area contributed by atoms with Gasteiger partial charge in [-0.15, -0.1) is 11.3 Å². The number of amides is 1. The number of para-hydroxylation sites is 2. The van der Waals surface area contributed by atoms with Crippen molar-refractivity contribution in [1.82, 2.24) is 4.98 Å². The van der Waals surface area contributed by atoms with Crippen molar-refractivity contribution < 1.29 is 32.8 Å². The number of anilines is 1. The highest BCUT2D eigenvalue weighted by atomic mass is 32.1. The number of aromatic nitrogens is 1. The molecule has 0 spiro atoms. The molecule has 0 unspecified atom stereocenters. The predicted octanol–water partition coefficient (Wildman–Crippen LogP) is 3.95. The van der Waals surface area contributed by atoms with E-state index >= 15 is 0 Å². The molecule has 1 aromatic heterocycles. The molecular weight excluding hydrogens is 448 g/mol. The summed E-state index contributed by atoms with van der Waals surface area (Å²) < 4.78 is 36.5. The maximum atomic E-state index is 13.4. The second-order valence-corrected chi connectivity index (χ2v) is 7.16. The van der Waals surface area contributed by atoms with Gasteiger partial charge in [-0.1, -0.05) is 12.1 Å². The van der Waals surface area contributed by atoms with Gasteiger partial charge in [0.2, 0.25) is 0 Å². The number of halogens is 2. The number of hydrogen-bond donors (Lipinski definition) is 1. The molecule has 1 atom stereocenters. The molecule has 0 radical (unpaired) electrons. The van der Waals surface area contributed by atoms with E-state index < -0.39 is 41.1 Å². The molecule has 9 nitrogen and oxygen atoms in total. The number of benzene rings is 2. The van der Waals surface area contributed by atoms with Crippen LogP contribution in [0.15, 0.2) is 47.8 Å². The van der Waals surface area contributed by atoms with Crippen LogP contribution in [0.25, 0.3) is 11.3 Å². The molecule has 0 saturated heterocycles. The van der Waals surface area contributed by atoms with Gasteiger partial charge in [0.25, 0.3) is 5.91 Å². The van der Waals surface area contributed by atoms with Crippen LogP contribution >= 0.6 is 11.3 Å². The number of esters is 1. The van der Waals surface area contributed by atoms with Crippen molar-refractivity contribution in [3.05, 3.63) is 69.6 Å². The van der Waals surface area contributed by atoms with E-state index in [1.165, 1.54) is 37.3 Å². The first kappa shape index (κ1) is 22.7. The number of nitrogens with zero attached hydrogens (tertiary/aromatic N) is 2. The molecule has 0 saturated carbocycles. The van der Waals surface area contributed by atoms with Crippen LogP contribution in [0.3, 0.4) is 0 Å². The molecular formula is C20H15F2N3O6S. The van der Waals surface area contributed by atoms with Crippen LogP contribution in [0, 0.1) is 21.7 Å². The molecule has 3 rings (SSSR count). The van der Waals surface area contributed by atoms with Crippen LogP contribution in [0.1, 0.15) is 6.92 Å². The Hall–Kier alpha value is -3.93. The lowest BCUT2D eigenvalue weighted by molar-refractivity contribution is -0.385. The molecule has 12 heteroatoms. The minimum atomic E-state index is -1.22. The molecule has 1 amide bonds. The molecule has 0 fully saturated rings. The Balaban J connectivity index is 1.54. The number of rotatable bonds is 8. The second kappa shape index (κ2) is 9.92. The fraction of sp³-hybridized carbons (Fsp3) is 0.150. The van der Waals surface area contributed by atoms with Gasteiger partial charge < -0.3 is 9.47 Å². The van der Waals surface area contributed by atoms with Gasteiger partial charge in [-0.25, -0.2) is 18.6 Å². The summed E-state index contributed by atoms with van der Waals surface area (Å²) in [7, 11) is 0. The molecule has 1 heterocycles. The largest absolute Gasteiger partial charge is 0.475 e. The lowest BCUT2D eigenvalue weighted by atomic mass is 10.2. The molecule has 0 aliphatic rings. The number of nitro groups is 1. The number of nitro benzene ring substituents is 1. The Kier molecular flexibility index (Phi) is 7.05. The van der Waals surface area contributed by atoms with Crippen LogP contribution in [0.2, 0.25) is 0 Å². The first-order chi connectivity index (χ1) is 15.2. The van der Waals surface area contributed by atoms with Gasteiger partial charge in [0.1, 0.15) is 0 Å². The third-order valence-electron chi connectivity index (χ3n) is 4.03. The smallest absolute Gasteiger partial charge is 0.344 e. The number of hydrogen-bond acceptors (Lipinski definition) is 8. The summed E-state index contributed by atoms with van der Waals surface area (Å²) in [5, 5.41) is 15.1. The topological polar surface area (TPSA) is 121 Å². The van der Waals surface area contributed by atoms with Crippen LogP contribution in [0.5, 0.6) is 5.75 Å². The van der Waals surface area contributed by atoms with Crippen molar-refractivity contribution in [1.29, 1.82) is 0 Å². The average Bonchev–Trinajstić information content (AvgIpc) is 3.22. The molecule has 2 aromatic carbocycles. The number of nitrogens with one attached hydrogen (secondary N) is 1. The summed E-state index contributed by atoms with van der Waals surface area (Å²) in [5.74, 6) is -3.72. The maximum absolute atomic E-state index is 13.4. The van der Waals surface area contributed by atoms with Crippen molar-refractivity contribution >= 4 is 34.0 Å². The van der Waals surface area contributed by atoms with E-state index in [2.05, 4.69) is 10.3 Å². The van der Waals surface area contributed by atoms with Crippen molar-refractivity contribution in [2.24, 2.45) is 0 Å².